The quantitative estimate of drug-likeness (QED) is 0.833. The van der Waals surface area contributed by atoms with Gasteiger partial charge in [0.1, 0.15) is 0 Å². The molecule has 0 spiro atoms. The molecule has 1 aromatic rings. The number of carbonyl (C=O) groups excluding carboxylic acids is 1. The smallest absolute Gasteiger partial charge is 0.222 e. The number of likely N-dealkylation sites (tertiary alicyclic amines) is 1. The lowest BCUT2D eigenvalue weighted by atomic mass is 10.0. The van der Waals surface area contributed by atoms with Crippen LogP contribution in [-0.4, -0.2) is 52.4 Å². The van der Waals surface area contributed by atoms with Crippen LogP contribution >= 0.6 is 11.8 Å². The molecule has 1 amide bonds. The van der Waals surface area contributed by atoms with Crippen molar-refractivity contribution in [1.82, 2.24) is 15.1 Å². The summed E-state index contributed by atoms with van der Waals surface area (Å²) in [5.74, 6) is 3.60. The van der Waals surface area contributed by atoms with Crippen molar-refractivity contribution in [3.8, 4) is 0 Å². The predicted octanol–water partition coefficient (Wildman–Crippen LogP) is 1.86. The highest BCUT2D eigenvalue weighted by molar-refractivity contribution is 7.98. The van der Waals surface area contributed by atoms with Gasteiger partial charge in [-0.3, -0.25) is 4.79 Å². The number of hydrogen-bond acceptors (Lipinski definition) is 5. The third-order valence-corrected chi connectivity index (χ3v) is 6.04. The lowest BCUT2D eigenvalue weighted by Crippen LogP contribution is -2.45. The Morgan fingerprint density at radius 2 is 2.00 bits per heavy atom. The molecule has 0 aliphatic carbocycles. The van der Waals surface area contributed by atoms with E-state index in [0.29, 0.717) is 11.9 Å². The molecule has 1 aromatic heterocycles. The number of piperidine rings is 1. The standard InChI is InChI=1S/C16H22N4OS/c21-16-2-1-6-20(16)13-3-7-19(8-4-13)15-10-12-11-22-9-5-14(12)17-18-15/h10,13H,1-9,11H2. The summed E-state index contributed by atoms with van der Waals surface area (Å²) in [6.07, 6.45) is 4.94. The molecule has 0 radical (unpaired) electrons. The third-order valence-electron chi connectivity index (χ3n) is 5.03. The van der Waals surface area contributed by atoms with Crippen LogP contribution in [0.1, 0.15) is 36.9 Å². The lowest BCUT2D eigenvalue weighted by Gasteiger charge is -2.37. The van der Waals surface area contributed by atoms with E-state index in [0.717, 1.165) is 69.1 Å². The molecule has 3 aliphatic heterocycles. The highest BCUT2D eigenvalue weighted by Crippen LogP contribution is 2.28. The van der Waals surface area contributed by atoms with Crippen LogP contribution in [0.4, 0.5) is 5.82 Å². The number of rotatable bonds is 2. The van der Waals surface area contributed by atoms with Gasteiger partial charge < -0.3 is 9.80 Å². The van der Waals surface area contributed by atoms with E-state index >= 15 is 0 Å². The molecular weight excluding hydrogens is 296 g/mol. The Bertz CT molecular complexity index is 571. The Hall–Kier alpha value is -1.30. The molecule has 0 aromatic carbocycles. The topological polar surface area (TPSA) is 49.3 Å². The van der Waals surface area contributed by atoms with Gasteiger partial charge in [0.15, 0.2) is 5.82 Å². The number of carbonyl (C=O) groups is 1. The van der Waals surface area contributed by atoms with Crippen LogP contribution in [0.3, 0.4) is 0 Å². The maximum Gasteiger partial charge on any atom is 0.222 e. The molecule has 4 rings (SSSR count). The molecule has 2 fully saturated rings. The summed E-state index contributed by atoms with van der Waals surface area (Å²) in [6, 6.07) is 2.67. The molecule has 22 heavy (non-hydrogen) atoms. The van der Waals surface area contributed by atoms with Crippen LogP contribution in [-0.2, 0) is 17.0 Å². The summed E-state index contributed by atoms with van der Waals surface area (Å²) in [4.78, 5) is 16.3. The van der Waals surface area contributed by atoms with E-state index in [1.165, 1.54) is 11.3 Å². The zero-order valence-electron chi connectivity index (χ0n) is 12.8. The number of aromatic nitrogens is 2. The minimum absolute atomic E-state index is 0.351. The van der Waals surface area contributed by atoms with Crippen LogP contribution in [0.15, 0.2) is 6.07 Å². The number of hydrogen-bond donors (Lipinski definition) is 0. The van der Waals surface area contributed by atoms with Gasteiger partial charge in [-0.15, -0.1) is 5.10 Å². The SMILES string of the molecule is O=C1CCCN1C1CCN(c2cc3c(nn2)CCSC3)CC1. The lowest BCUT2D eigenvalue weighted by molar-refractivity contribution is -0.130. The van der Waals surface area contributed by atoms with Gasteiger partial charge in [-0.2, -0.15) is 16.9 Å². The minimum atomic E-state index is 0.351. The minimum Gasteiger partial charge on any atom is -0.355 e. The van der Waals surface area contributed by atoms with Gasteiger partial charge in [-0.25, -0.2) is 0 Å². The number of thioether (sulfide) groups is 1. The van der Waals surface area contributed by atoms with E-state index in [1.54, 1.807) is 0 Å². The average Bonchev–Trinajstić information content (AvgIpc) is 3.01. The zero-order chi connectivity index (χ0) is 14.9. The Morgan fingerprint density at radius 3 is 2.77 bits per heavy atom. The van der Waals surface area contributed by atoms with Crippen LogP contribution in [0.2, 0.25) is 0 Å². The summed E-state index contributed by atoms with van der Waals surface area (Å²) in [6.45, 7) is 2.92. The van der Waals surface area contributed by atoms with E-state index in [-0.39, 0.29) is 0 Å². The number of fused-ring (bicyclic) bond motifs is 1. The second-order valence-corrected chi connectivity index (χ2v) is 7.49. The average molecular weight is 318 g/mol. The summed E-state index contributed by atoms with van der Waals surface area (Å²) >= 11 is 1.98. The molecule has 3 aliphatic rings. The largest absolute Gasteiger partial charge is 0.355 e. The second kappa shape index (κ2) is 6.07. The first kappa shape index (κ1) is 14.3. The van der Waals surface area contributed by atoms with Crippen molar-refractivity contribution in [1.29, 1.82) is 0 Å². The third kappa shape index (κ3) is 2.69. The van der Waals surface area contributed by atoms with Crippen LogP contribution < -0.4 is 4.90 Å². The summed E-state index contributed by atoms with van der Waals surface area (Å²) in [5.41, 5.74) is 2.54. The van der Waals surface area contributed by atoms with Crippen molar-refractivity contribution in [2.24, 2.45) is 0 Å². The summed E-state index contributed by atoms with van der Waals surface area (Å²) < 4.78 is 0. The van der Waals surface area contributed by atoms with Crippen molar-refractivity contribution >= 4 is 23.5 Å². The van der Waals surface area contributed by atoms with Gasteiger partial charge >= 0.3 is 0 Å². The first-order valence-corrected chi connectivity index (χ1v) is 9.44. The highest BCUT2D eigenvalue weighted by Gasteiger charge is 2.31. The number of aryl methyl sites for hydroxylation is 1. The predicted molar refractivity (Wildman–Crippen MR) is 88.1 cm³/mol. The van der Waals surface area contributed by atoms with Gasteiger partial charge in [0, 0.05) is 44.3 Å². The van der Waals surface area contributed by atoms with Gasteiger partial charge in [0.05, 0.1) is 5.69 Å². The molecule has 4 heterocycles. The summed E-state index contributed by atoms with van der Waals surface area (Å²) in [5, 5.41) is 8.87. The van der Waals surface area contributed by atoms with Crippen molar-refractivity contribution in [3.63, 3.8) is 0 Å². The Labute approximate surface area is 135 Å². The first-order valence-electron chi connectivity index (χ1n) is 8.29. The molecular formula is C16H22N4OS. The van der Waals surface area contributed by atoms with Gasteiger partial charge in [-0.05, 0) is 36.6 Å². The van der Waals surface area contributed by atoms with E-state index in [1.807, 2.05) is 11.8 Å². The maximum atomic E-state index is 11.9. The van der Waals surface area contributed by atoms with Crippen molar-refractivity contribution in [3.05, 3.63) is 17.3 Å². The molecule has 0 bridgehead atoms. The van der Waals surface area contributed by atoms with Crippen LogP contribution in [0.5, 0.6) is 0 Å². The molecule has 0 saturated carbocycles. The second-order valence-electron chi connectivity index (χ2n) is 6.39. The molecule has 6 heteroatoms. The fraction of sp³-hybridized carbons (Fsp3) is 0.688. The molecule has 5 nitrogen and oxygen atoms in total. The molecule has 0 atom stereocenters. The molecule has 0 unspecified atom stereocenters. The van der Waals surface area contributed by atoms with Crippen molar-refractivity contribution in [2.75, 3.05) is 30.3 Å². The first-order chi connectivity index (χ1) is 10.8. The summed E-state index contributed by atoms with van der Waals surface area (Å²) in [7, 11) is 0. The molecule has 0 N–H and O–H groups in total. The van der Waals surface area contributed by atoms with Crippen molar-refractivity contribution in [2.45, 2.75) is 43.9 Å². The van der Waals surface area contributed by atoms with Gasteiger partial charge in [-0.1, -0.05) is 0 Å². The number of anilines is 1. The normalized spacial score (nSPS) is 23.0. The Kier molecular flexibility index (Phi) is 3.94. The van der Waals surface area contributed by atoms with E-state index in [9.17, 15) is 4.79 Å². The molecule has 2 saturated heterocycles. The highest BCUT2D eigenvalue weighted by atomic mass is 32.2. The van der Waals surface area contributed by atoms with E-state index in [2.05, 4.69) is 26.1 Å². The molecule has 118 valence electrons. The Balaban J connectivity index is 1.42. The Morgan fingerprint density at radius 1 is 1.14 bits per heavy atom. The van der Waals surface area contributed by atoms with Crippen molar-refractivity contribution < 1.29 is 4.79 Å². The van der Waals surface area contributed by atoms with E-state index in [4.69, 9.17) is 0 Å². The number of nitrogens with zero attached hydrogens (tertiary/aromatic N) is 4. The maximum absolute atomic E-state index is 11.9. The van der Waals surface area contributed by atoms with Gasteiger partial charge in [0.25, 0.3) is 0 Å². The monoisotopic (exact) mass is 318 g/mol. The van der Waals surface area contributed by atoms with Crippen LogP contribution in [0.25, 0.3) is 0 Å². The zero-order valence-corrected chi connectivity index (χ0v) is 13.6. The van der Waals surface area contributed by atoms with E-state index < -0.39 is 0 Å². The number of amides is 1. The fourth-order valence-electron chi connectivity index (χ4n) is 3.75. The fourth-order valence-corrected chi connectivity index (χ4v) is 4.70. The van der Waals surface area contributed by atoms with Gasteiger partial charge in [0.2, 0.25) is 5.91 Å². The van der Waals surface area contributed by atoms with Crippen LogP contribution in [0, 0.1) is 0 Å².